The van der Waals surface area contributed by atoms with Gasteiger partial charge in [0.25, 0.3) is 5.91 Å². The van der Waals surface area contributed by atoms with Crippen molar-refractivity contribution in [3.63, 3.8) is 0 Å². The van der Waals surface area contributed by atoms with Gasteiger partial charge in [0.05, 0.1) is 12.3 Å². The summed E-state index contributed by atoms with van der Waals surface area (Å²) < 4.78 is 11.5. The summed E-state index contributed by atoms with van der Waals surface area (Å²) in [6.07, 6.45) is 0. The van der Waals surface area contributed by atoms with Crippen LogP contribution >= 0.6 is 0 Å². The van der Waals surface area contributed by atoms with Crippen LogP contribution in [-0.4, -0.2) is 43.5 Å². The fourth-order valence-corrected chi connectivity index (χ4v) is 3.84. The first kappa shape index (κ1) is 24.4. The molecule has 0 aliphatic heterocycles. The molecular formula is C27H24N8O3. The van der Waals surface area contributed by atoms with Gasteiger partial charge in [-0.25, -0.2) is 10.1 Å². The van der Waals surface area contributed by atoms with Crippen LogP contribution in [0.25, 0.3) is 28.2 Å². The number of amides is 1. The first-order valence-electron chi connectivity index (χ1n) is 11.8. The molecule has 38 heavy (non-hydrogen) atoms. The first-order valence-corrected chi connectivity index (χ1v) is 11.8. The van der Waals surface area contributed by atoms with E-state index in [-0.39, 0.29) is 17.3 Å². The zero-order chi connectivity index (χ0) is 26.5. The number of hydrogen-bond acceptors (Lipinski definition) is 9. The number of carbonyl (C=O) groups excluding carboxylic acids is 1. The van der Waals surface area contributed by atoms with E-state index in [1.54, 1.807) is 24.3 Å². The number of rotatable bonds is 8. The number of nitrogens with one attached hydrogen (secondary N) is 1. The van der Waals surface area contributed by atoms with Crippen LogP contribution in [0.4, 0.5) is 5.82 Å². The van der Waals surface area contributed by atoms with E-state index in [0.29, 0.717) is 29.3 Å². The highest BCUT2D eigenvalue weighted by atomic mass is 16.6. The van der Waals surface area contributed by atoms with E-state index in [2.05, 4.69) is 31.2 Å². The molecule has 5 aromatic rings. The molecule has 0 unspecified atom stereocenters. The Balaban J connectivity index is 1.42. The monoisotopic (exact) mass is 508 g/mol. The summed E-state index contributed by atoms with van der Waals surface area (Å²) in [5.41, 5.74) is 13.1. The van der Waals surface area contributed by atoms with Gasteiger partial charge in [0.2, 0.25) is 11.6 Å². The molecular weight excluding hydrogens is 484 g/mol. The Morgan fingerprint density at radius 3 is 2.32 bits per heavy atom. The van der Waals surface area contributed by atoms with E-state index >= 15 is 0 Å². The van der Waals surface area contributed by atoms with Gasteiger partial charge < -0.3 is 10.5 Å². The number of nitrogens with two attached hydrogens (primary N) is 1. The number of aromatic nitrogens is 5. The third-order valence-electron chi connectivity index (χ3n) is 5.76. The number of benzene rings is 3. The van der Waals surface area contributed by atoms with Crippen LogP contribution in [0.15, 0.2) is 88.6 Å². The Hall–Kier alpha value is -5.32. The SMILES string of the molecule is CCOc1ccc(-c2c(C(=O)NN=C(C)c3ccc(-c4ccccc4)cc3)nnn2-c2nonc2N)cc1. The van der Waals surface area contributed by atoms with E-state index in [0.717, 1.165) is 16.7 Å². The van der Waals surface area contributed by atoms with Crippen molar-refractivity contribution in [2.24, 2.45) is 5.10 Å². The van der Waals surface area contributed by atoms with Gasteiger partial charge in [-0.1, -0.05) is 59.8 Å². The summed E-state index contributed by atoms with van der Waals surface area (Å²) in [4.78, 5) is 13.2. The van der Waals surface area contributed by atoms with E-state index in [4.69, 9.17) is 15.1 Å². The van der Waals surface area contributed by atoms with Crippen LogP contribution < -0.4 is 15.9 Å². The van der Waals surface area contributed by atoms with Crippen LogP contribution in [0.2, 0.25) is 0 Å². The number of hydrazone groups is 1. The third kappa shape index (κ3) is 4.98. The highest BCUT2D eigenvalue weighted by Crippen LogP contribution is 2.28. The van der Waals surface area contributed by atoms with Crippen LogP contribution in [-0.2, 0) is 0 Å². The first-order chi connectivity index (χ1) is 18.5. The van der Waals surface area contributed by atoms with Gasteiger partial charge in [-0.3, -0.25) is 4.79 Å². The maximum atomic E-state index is 13.2. The highest BCUT2D eigenvalue weighted by Gasteiger charge is 2.25. The molecule has 3 N–H and O–H groups in total. The molecule has 0 aliphatic carbocycles. The maximum Gasteiger partial charge on any atom is 0.294 e. The smallest absolute Gasteiger partial charge is 0.294 e. The van der Waals surface area contributed by atoms with Gasteiger partial charge in [-0.2, -0.15) is 9.78 Å². The summed E-state index contributed by atoms with van der Waals surface area (Å²) in [7, 11) is 0. The minimum Gasteiger partial charge on any atom is -0.494 e. The highest BCUT2D eigenvalue weighted by molar-refractivity contribution is 6.02. The molecule has 2 heterocycles. The van der Waals surface area contributed by atoms with Crippen molar-refractivity contribution >= 4 is 17.4 Å². The zero-order valence-electron chi connectivity index (χ0n) is 20.7. The molecule has 0 spiro atoms. The zero-order valence-corrected chi connectivity index (χ0v) is 20.7. The molecule has 5 rings (SSSR count). The topological polar surface area (TPSA) is 146 Å². The Labute approximate surface area is 217 Å². The van der Waals surface area contributed by atoms with Crippen molar-refractivity contribution in [1.29, 1.82) is 0 Å². The molecule has 3 aromatic carbocycles. The molecule has 11 heteroatoms. The summed E-state index contributed by atoms with van der Waals surface area (Å²) in [6.45, 7) is 4.24. The Morgan fingerprint density at radius 2 is 1.66 bits per heavy atom. The molecule has 0 bridgehead atoms. The second-order valence-corrected chi connectivity index (χ2v) is 8.21. The lowest BCUT2D eigenvalue weighted by atomic mass is 10.0. The lowest BCUT2D eigenvalue weighted by Gasteiger charge is -2.08. The van der Waals surface area contributed by atoms with Crippen molar-refractivity contribution in [1.82, 2.24) is 30.7 Å². The van der Waals surface area contributed by atoms with Crippen molar-refractivity contribution in [2.75, 3.05) is 12.3 Å². The molecule has 1 amide bonds. The number of nitrogens with zero attached hydrogens (tertiary/aromatic N) is 6. The Morgan fingerprint density at radius 1 is 0.974 bits per heavy atom. The van der Waals surface area contributed by atoms with Gasteiger partial charge in [0, 0.05) is 5.56 Å². The molecule has 0 saturated heterocycles. The van der Waals surface area contributed by atoms with Gasteiger partial charge in [-0.15, -0.1) is 5.10 Å². The number of nitrogen functional groups attached to an aromatic ring is 1. The summed E-state index contributed by atoms with van der Waals surface area (Å²) >= 11 is 0. The molecule has 0 fully saturated rings. The fraction of sp³-hybridized carbons (Fsp3) is 0.111. The van der Waals surface area contributed by atoms with Crippen LogP contribution in [0.3, 0.4) is 0 Å². The largest absolute Gasteiger partial charge is 0.494 e. The van der Waals surface area contributed by atoms with Gasteiger partial charge >= 0.3 is 0 Å². The standard InChI is InChI=1S/C27H24N8O3/c1-3-37-22-15-13-21(14-16-22)24-23(30-34-35(24)26-25(28)32-38-33-26)27(36)31-29-17(2)18-9-11-20(12-10-18)19-7-5-4-6-8-19/h4-16H,3H2,1-2H3,(H2,28,32)(H,31,36). The maximum absolute atomic E-state index is 13.2. The molecule has 0 aliphatic rings. The van der Waals surface area contributed by atoms with E-state index in [1.807, 2.05) is 68.4 Å². The molecule has 190 valence electrons. The number of ether oxygens (including phenoxy) is 1. The van der Waals surface area contributed by atoms with Crippen LogP contribution in [0.1, 0.15) is 29.9 Å². The Bertz CT molecular complexity index is 1570. The van der Waals surface area contributed by atoms with Gasteiger partial charge in [-0.05, 0) is 65.1 Å². The van der Waals surface area contributed by atoms with Gasteiger partial charge in [0.15, 0.2) is 5.69 Å². The van der Waals surface area contributed by atoms with Crippen LogP contribution in [0, 0.1) is 0 Å². The van der Waals surface area contributed by atoms with Crippen molar-refractivity contribution < 1.29 is 14.2 Å². The number of carbonyl (C=O) groups is 1. The summed E-state index contributed by atoms with van der Waals surface area (Å²) in [5.74, 6) is 0.235. The van der Waals surface area contributed by atoms with E-state index in [9.17, 15) is 4.79 Å². The normalized spacial score (nSPS) is 11.4. The van der Waals surface area contributed by atoms with Crippen molar-refractivity contribution in [3.8, 4) is 34.0 Å². The predicted molar refractivity (Wildman–Crippen MR) is 142 cm³/mol. The quantitative estimate of drug-likeness (QED) is 0.235. The summed E-state index contributed by atoms with van der Waals surface area (Å²) in [6, 6.07) is 25.1. The fourth-order valence-electron chi connectivity index (χ4n) is 3.84. The molecule has 0 atom stereocenters. The average molecular weight is 509 g/mol. The second-order valence-electron chi connectivity index (χ2n) is 8.21. The van der Waals surface area contributed by atoms with E-state index in [1.165, 1.54) is 4.68 Å². The minimum absolute atomic E-state index is 0.00172. The number of hydrogen-bond donors (Lipinski definition) is 2. The average Bonchev–Trinajstić information content (AvgIpc) is 3.59. The minimum atomic E-state index is -0.560. The molecule has 0 radical (unpaired) electrons. The lowest BCUT2D eigenvalue weighted by Crippen LogP contribution is -2.21. The van der Waals surface area contributed by atoms with E-state index < -0.39 is 5.91 Å². The number of anilines is 1. The van der Waals surface area contributed by atoms with Crippen molar-refractivity contribution in [3.05, 3.63) is 90.1 Å². The molecule has 0 saturated carbocycles. The summed E-state index contributed by atoms with van der Waals surface area (Å²) in [5, 5.41) is 19.8. The second kappa shape index (κ2) is 10.7. The lowest BCUT2D eigenvalue weighted by molar-refractivity contribution is 0.0950. The molecule has 11 nitrogen and oxygen atoms in total. The van der Waals surface area contributed by atoms with Crippen molar-refractivity contribution in [2.45, 2.75) is 13.8 Å². The Kier molecular flexibility index (Phi) is 6.89. The van der Waals surface area contributed by atoms with Gasteiger partial charge in [0.1, 0.15) is 11.4 Å². The predicted octanol–water partition coefficient (Wildman–Crippen LogP) is 4.12. The third-order valence-corrected chi connectivity index (χ3v) is 5.76. The van der Waals surface area contributed by atoms with Crippen LogP contribution in [0.5, 0.6) is 5.75 Å². The molecule has 2 aromatic heterocycles.